The van der Waals surface area contributed by atoms with E-state index in [0.29, 0.717) is 5.75 Å². The molecule has 112 valence electrons. The summed E-state index contributed by atoms with van der Waals surface area (Å²) >= 11 is 0. The highest BCUT2D eigenvalue weighted by Gasteiger charge is 2.30. The number of rotatable bonds is 2. The number of hydrogen-bond donors (Lipinski definition) is 1. The molecule has 2 atom stereocenters. The van der Waals surface area contributed by atoms with E-state index in [2.05, 4.69) is 4.90 Å². The molecule has 2 aromatic carbocycles. The standard InChI is InChI=1S/C18H17NO3/c1-19(13-5-3-2-4-6-13)15-8-7-12-9-16-17(22-11-21-16)10-14(12)18(15)20/h2-10,15,18,20H,11H2,1H3/t15-,18-/m1/s1. The number of hydrogen-bond acceptors (Lipinski definition) is 4. The molecule has 1 heterocycles. The van der Waals surface area contributed by atoms with Crippen LogP contribution in [-0.2, 0) is 0 Å². The van der Waals surface area contributed by atoms with Crippen molar-refractivity contribution < 1.29 is 14.6 Å². The topological polar surface area (TPSA) is 41.9 Å². The molecule has 4 nitrogen and oxygen atoms in total. The minimum absolute atomic E-state index is 0.115. The molecule has 1 N–H and O–H groups in total. The second-order valence-electron chi connectivity index (χ2n) is 5.58. The summed E-state index contributed by atoms with van der Waals surface area (Å²) in [5, 5.41) is 10.8. The highest BCUT2D eigenvalue weighted by molar-refractivity contribution is 5.66. The Morgan fingerprint density at radius 1 is 1.09 bits per heavy atom. The number of benzene rings is 2. The van der Waals surface area contributed by atoms with Crippen LogP contribution in [0.5, 0.6) is 11.5 Å². The van der Waals surface area contributed by atoms with E-state index in [1.54, 1.807) is 0 Å². The minimum Gasteiger partial charge on any atom is -0.454 e. The Balaban J connectivity index is 1.69. The van der Waals surface area contributed by atoms with Crippen LogP contribution in [0, 0.1) is 0 Å². The van der Waals surface area contributed by atoms with Gasteiger partial charge in [-0.05, 0) is 35.4 Å². The number of likely N-dealkylation sites (N-methyl/N-ethyl adjacent to an activating group) is 1. The Labute approximate surface area is 129 Å². The molecule has 0 bridgehead atoms. The maximum absolute atomic E-state index is 10.8. The Morgan fingerprint density at radius 3 is 2.59 bits per heavy atom. The van der Waals surface area contributed by atoms with E-state index in [0.717, 1.165) is 22.6 Å². The molecule has 0 saturated heterocycles. The predicted octanol–water partition coefficient (Wildman–Crippen LogP) is 2.98. The van der Waals surface area contributed by atoms with Gasteiger partial charge in [0.15, 0.2) is 11.5 Å². The van der Waals surface area contributed by atoms with E-state index in [9.17, 15) is 5.11 Å². The Hall–Kier alpha value is -2.46. The largest absolute Gasteiger partial charge is 0.454 e. The van der Waals surface area contributed by atoms with Gasteiger partial charge in [-0.25, -0.2) is 0 Å². The number of aliphatic hydroxyl groups excluding tert-OH is 1. The first-order chi connectivity index (χ1) is 10.7. The van der Waals surface area contributed by atoms with Crippen LogP contribution in [0.2, 0.25) is 0 Å². The van der Waals surface area contributed by atoms with Crippen molar-refractivity contribution in [1.29, 1.82) is 0 Å². The van der Waals surface area contributed by atoms with Gasteiger partial charge in [-0.15, -0.1) is 0 Å². The first-order valence-corrected chi connectivity index (χ1v) is 7.32. The summed E-state index contributed by atoms with van der Waals surface area (Å²) in [6.07, 6.45) is 3.45. The van der Waals surface area contributed by atoms with Crippen molar-refractivity contribution in [1.82, 2.24) is 0 Å². The van der Waals surface area contributed by atoms with Crippen molar-refractivity contribution >= 4 is 11.8 Å². The maximum atomic E-state index is 10.8. The first-order valence-electron chi connectivity index (χ1n) is 7.32. The van der Waals surface area contributed by atoms with E-state index in [1.807, 2.05) is 61.7 Å². The van der Waals surface area contributed by atoms with E-state index in [4.69, 9.17) is 9.47 Å². The third kappa shape index (κ3) is 2.04. The second kappa shape index (κ2) is 5.07. The van der Waals surface area contributed by atoms with Crippen LogP contribution in [0.25, 0.3) is 6.08 Å². The monoisotopic (exact) mass is 295 g/mol. The van der Waals surface area contributed by atoms with Crippen molar-refractivity contribution in [2.45, 2.75) is 12.1 Å². The van der Waals surface area contributed by atoms with Gasteiger partial charge in [0.2, 0.25) is 6.79 Å². The Bertz CT molecular complexity index is 727. The lowest BCUT2D eigenvalue weighted by molar-refractivity contribution is 0.158. The average Bonchev–Trinajstić information content (AvgIpc) is 3.01. The third-order valence-corrected chi connectivity index (χ3v) is 4.30. The minimum atomic E-state index is -0.611. The van der Waals surface area contributed by atoms with Crippen molar-refractivity contribution in [2.24, 2.45) is 0 Å². The number of anilines is 1. The number of ether oxygens (including phenoxy) is 2. The third-order valence-electron chi connectivity index (χ3n) is 4.30. The van der Waals surface area contributed by atoms with Gasteiger partial charge in [-0.3, -0.25) is 0 Å². The van der Waals surface area contributed by atoms with Gasteiger partial charge in [0.1, 0.15) is 6.10 Å². The van der Waals surface area contributed by atoms with Crippen molar-refractivity contribution in [3.8, 4) is 11.5 Å². The van der Waals surface area contributed by atoms with Crippen molar-refractivity contribution in [2.75, 3.05) is 18.7 Å². The molecule has 0 aromatic heterocycles. The van der Waals surface area contributed by atoms with Crippen LogP contribution >= 0.6 is 0 Å². The summed E-state index contributed by atoms with van der Waals surface area (Å²) in [6.45, 7) is 0.241. The van der Waals surface area contributed by atoms with Gasteiger partial charge in [-0.1, -0.05) is 30.4 Å². The van der Waals surface area contributed by atoms with Crippen LogP contribution in [-0.4, -0.2) is 25.0 Å². The maximum Gasteiger partial charge on any atom is 0.231 e. The zero-order chi connectivity index (χ0) is 15.1. The summed E-state index contributed by atoms with van der Waals surface area (Å²) in [4.78, 5) is 2.08. The average molecular weight is 295 g/mol. The molecule has 2 aliphatic rings. The summed E-state index contributed by atoms with van der Waals surface area (Å²) in [6, 6.07) is 13.8. The fraction of sp³-hybridized carbons (Fsp3) is 0.222. The van der Waals surface area contributed by atoms with Crippen LogP contribution in [0.3, 0.4) is 0 Å². The first kappa shape index (κ1) is 13.2. The number of fused-ring (bicyclic) bond motifs is 2. The molecule has 4 heteroatoms. The number of nitrogens with zero attached hydrogens (tertiary/aromatic N) is 1. The van der Waals surface area contributed by atoms with Crippen LogP contribution in [0.1, 0.15) is 17.2 Å². The SMILES string of the molecule is CN(c1ccccc1)[C@@H]1C=Cc2cc3c(cc2[C@H]1O)OCO3. The molecule has 22 heavy (non-hydrogen) atoms. The Kier molecular flexibility index (Phi) is 3.05. The summed E-state index contributed by atoms with van der Waals surface area (Å²) < 4.78 is 10.8. The molecule has 0 amide bonds. The van der Waals surface area contributed by atoms with Crippen LogP contribution in [0.15, 0.2) is 48.5 Å². The molecule has 0 spiro atoms. The lowest BCUT2D eigenvalue weighted by atomic mass is 9.90. The van der Waals surface area contributed by atoms with Crippen molar-refractivity contribution in [3.05, 3.63) is 59.7 Å². The quantitative estimate of drug-likeness (QED) is 0.925. The molecule has 0 fully saturated rings. The van der Waals surface area contributed by atoms with Gasteiger partial charge < -0.3 is 19.5 Å². The zero-order valence-electron chi connectivity index (χ0n) is 12.3. The molecular weight excluding hydrogens is 278 g/mol. The molecular formula is C18H17NO3. The van der Waals surface area contributed by atoms with E-state index in [1.165, 1.54) is 0 Å². The molecule has 1 aliphatic heterocycles. The van der Waals surface area contributed by atoms with Crippen LogP contribution < -0.4 is 14.4 Å². The zero-order valence-corrected chi connectivity index (χ0v) is 12.3. The summed E-state index contributed by atoms with van der Waals surface area (Å²) in [5.74, 6) is 1.44. The molecule has 4 rings (SSSR count). The number of aliphatic hydroxyl groups is 1. The fourth-order valence-electron chi connectivity index (χ4n) is 3.04. The van der Waals surface area contributed by atoms with Crippen molar-refractivity contribution in [3.63, 3.8) is 0 Å². The normalized spacial score (nSPS) is 21.5. The summed E-state index contributed by atoms with van der Waals surface area (Å²) in [5.41, 5.74) is 2.93. The molecule has 2 aromatic rings. The molecule has 0 unspecified atom stereocenters. The van der Waals surface area contributed by atoms with Gasteiger partial charge in [0.05, 0.1) is 6.04 Å². The van der Waals surface area contributed by atoms with Gasteiger partial charge >= 0.3 is 0 Å². The molecule has 0 saturated carbocycles. The molecule has 0 radical (unpaired) electrons. The number of para-hydroxylation sites is 1. The summed E-state index contributed by atoms with van der Waals surface area (Å²) in [7, 11) is 1.99. The predicted molar refractivity (Wildman–Crippen MR) is 85.2 cm³/mol. The van der Waals surface area contributed by atoms with Gasteiger partial charge in [0, 0.05) is 12.7 Å². The highest BCUT2D eigenvalue weighted by atomic mass is 16.7. The fourth-order valence-corrected chi connectivity index (χ4v) is 3.04. The van der Waals surface area contributed by atoms with E-state index < -0.39 is 6.10 Å². The van der Waals surface area contributed by atoms with Gasteiger partial charge in [-0.2, -0.15) is 0 Å². The lowest BCUT2D eigenvalue weighted by Gasteiger charge is -2.34. The second-order valence-corrected chi connectivity index (χ2v) is 5.58. The van der Waals surface area contributed by atoms with E-state index in [-0.39, 0.29) is 12.8 Å². The highest BCUT2D eigenvalue weighted by Crippen LogP contribution is 2.41. The Morgan fingerprint density at radius 2 is 1.82 bits per heavy atom. The van der Waals surface area contributed by atoms with Crippen LogP contribution in [0.4, 0.5) is 5.69 Å². The molecule has 1 aliphatic carbocycles. The van der Waals surface area contributed by atoms with E-state index >= 15 is 0 Å². The van der Waals surface area contributed by atoms with Gasteiger partial charge in [0.25, 0.3) is 0 Å². The smallest absolute Gasteiger partial charge is 0.231 e. The lowest BCUT2D eigenvalue weighted by Crippen LogP contribution is -2.36.